The molecule has 1 saturated heterocycles. The van der Waals surface area contributed by atoms with E-state index in [-0.39, 0.29) is 12.0 Å². The van der Waals surface area contributed by atoms with Gasteiger partial charge in [0.25, 0.3) is 0 Å². The maximum absolute atomic E-state index is 11.9. The number of hydrogen-bond donors (Lipinski definition) is 1. The zero-order chi connectivity index (χ0) is 14.5. The summed E-state index contributed by atoms with van der Waals surface area (Å²) < 4.78 is 5.58. The molecule has 2 aromatic rings. The number of aromatic nitrogens is 2. The fourth-order valence-corrected chi connectivity index (χ4v) is 2.97. The van der Waals surface area contributed by atoms with Crippen molar-refractivity contribution in [2.45, 2.75) is 31.9 Å². The third-order valence-electron chi connectivity index (χ3n) is 3.33. The van der Waals surface area contributed by atoms with Crippen LogP contribution in [0.15, 0.2) is 29.8 Å². The summed E-state index contributed by atoms with van der Waals surface area (Å²) in [7, 11) is 0. The van der Waals surface area contributed by atoms with Crippen molar-refractivity contribution in [3.05, 3.63) is 46.2 Å². The van der Waals surface area contributed by atoms with Crippen LogP contribution in [0.4, 0.5) is 0 Å². The molecule has 1 fully saturated rings. The fraction of sp³-hybridized carbons (Fsp3) is 0.400. The third-order valence-corrected chi connectivity index (χ3v) is 4.21. The number of amides is 1. The van der Waals surface area contributed by atoms with Crippen LogP contribution in [0.5, 0.6) is 0 Å². The van der Waals surface area contributed by atoms with Crippen LogP contribution in [0.2, 0.25) is 0 Å². The van der Waals surface area contributed by atoms with Crippen molar-refractivity contribution >= 4 is 17.2 Å². The molecule has 1 aliphatic rings. The molecule has 0 spiro atoms. The van der Waals surface area contributed by atoms with Gasteiger partial charge in [0.1, 0.15) is 6.10 Å². The van der Waals surface area contributed by atoms with Gasteiger partial charge in [-0.05, 0) is 30.4 Å². The zero-order valence-electron chi connectivity index (χ0n) is 11.6. The molecule has 1 N–H and O–H groups in total. The van der Waals surface area contributed by atoms with E-state index in [4.69, 9.17) is 4.74 Å². The smallest absolute Gasteiger partial charge is 0.225 e. The second-order valence-electron chi connectivity index (χ2n) is 4.94. The monoisotopic (exact) mass is 303 g/mol. The standard InChI is InChI=1S/C15H17N3O2S/c19-14(9-12-3-2-8-21-12)17-10-11-5-6-16-15(18-11)13-4-1-7-20-13/h2-3,5-6,8,13H,1,4,7,9-10H2,(H,17,19)/t13-/m0/s1. The molecule has 6 heteroatoms. The molecular formula is C15H17N3O2S. The van der Waals surface area contributed by atoms with E-state index in [1.165, 1.54) is 0 Å². The Hall–Kier alpha value is -1.79. The summed E-state index contributed by atoms with van der Waals surface area (Å²) >= 11 is 1.59. The Bertz CT molecular complexity index is 595. The van der Waals surface area contributed by atoms with Crippen molar-refractivity contribution in [2.75, 3.05) is 6.61 Å². The maximum Gasteiger partial charge on any atom is 0.225 e. The van der Waals surface area contributed by atoms with Crippen LogP contribution in [-0.2, 0) is 22.5 Å². The molecule has 110 valence electrons. The number of nitrogens with one attached hydrogen (secondary N) is 1. The zero-order valence-corrected chi connectivity index (χ0v) is 12.4. The van der Waals surface area contributed by atoms with E-state index in [2.05, 4.69) is 15.3 Å². The quantitative estimate of drug-likeness (QED) is 0.920. The lowest BCUT2D eigenvalue weighted by Crippen LogP contribution is -2.25. The molecule has 0 saturated carbocycles. The summed E-state index contributed by atoms with van der Waals surface area (Å²) in [6.07, 6.45) is 4.17. The average molecular weight is 303 g/mol. The number of carbonyl (C=O) groups excluding carboxylic acids is 1. The van der Waals surface area contributed by atoms with Crippen molar-refractivity contribution in [1.29, 1.82) is 0 Å². The van der Waals surface area contributed by atoms with Crippen molar-refractivity contribution in [3.63, 3.8) is 0 Å². The summed E-state index contributed by atoms with van der Waals surface area (Å²) in [6.45, 7) is 1.20. The van der Waals surface area contributed by atoms with Crippen LogP contribution in [-0.4, -0.2) is 22.5 Å². The van der Waals surface area contributed by atoms with E-state index in [1.54, 1.807) is 17.5 Å². The summed E-state index contributed by atoms with van der Waals surface area (Å²) in [5.74, 6) is 0.729. The normalized spacial score (nSPS) is 17.8. The summed E-state index contributed by atoms with van der Waals surface area (Å²) in [4.78, 5) is 21.7. The Kier molecular flexibility index (Phi) is 4.57. The van der Waals surface area contributed by atoms with Crippen molar-refractivity contribution < 1.29 is 9.53 Å². The van der Waals surface area contributed by atoms with Gasteiger partial charge < -0.3 is 10.1 Å². The molecule has 5 nitrogen and oxygen atoms in total. The van der Waals surface area contributed by atoms with Crippen LogP contribution in [0.1, 0.15) is 35.3 Å². The first-order valence-electron chi connectivity index (χ1n) is 7.04. The van der Waals surface area contributed by atoms with Crippen LogP contribution >= 0.6 is 11.3 Å². The van der Waals surface area contributed by atoms with E-state index in [0.29, 0.717) is 13.0 Å². The molecule has 1 atom stereocenters. The molecule has 1 amide bonds. The summed E-state index contributed by atoms with van der Waals surface area (Å²) in [6, 6.07) is 5.74. The van der Waals surface area contributed by atoms with Gasteiger partial charge in [-0.1, -0.05) is 6.07 Å². The van der Waals surface area contributed by atoms with Gasteiger partial charge in [0.15, 0.2) is 5.82 Å². The molecule has 2 aromatic heterocycles. The predicted octanol–water partition coefficient (Wildman–Crippen LogP) is 2.25. The molecule has 0 aliphatic carbocycles. The Labute approximate surface area is 127 Å². The topological polar surface area (TPSA) is 64.1 Å². The summed E-state index contributed by atoms with van der Waals surface area (Å²) in [5, 5.41) is 4.86. The minimum absolute atomic E-state index is 0.00627. The van der Waals surface area contributed by atoms with Crippen LogP contribution in [0.3, 0.4) is 0 Å². The highest BCUT2D eigenvalue weighted by atomic mass is 32.1. The minimum atomic E-state index is 0.00627. The molecule has 0 radical (unpaired) electrons. The highest BCUT2D eigenvalue weighted by Gasteiger charge is 2.20. The number of thiophene rings is 1. The lowest BCUT2D eigenvalue weighted by atomic mass is 10.2. The van der Waals surface area contributed by atoms with Gasteiger partial charge in [-0.2, -0.15) is 0 Å². The van der Waals surface area contributed by atoms with E-state index in [1.807, 2.05) is 23.6 Å². The van der Waals surface area contributed by atoms with E-state index >= 15 is 0 Å². The van der Waals surface area contributed by atoms with E-state index in [0.717, 1.165) is 35.8 Å². The van der Waals surface area contributed by atoms with Gasteiger partial charge in [0, 0.05) is 17.7 Å². The van der Waals surface area contributed by atoms with Crippen LogP contribution < -0.4 is 5.32 Å². The second kappa shape index (κ2) is 6.78. The van der Waals surface area contributed by atoms with Crippen LogP contribution in [0.25, 0.3) is 0 Å². The molecule has 0 unspecified atom stereocenters. The first-order valence-corrected chi connectivity index (χ1v) is 7.92. The number of ether oxygens (including phenoxy) is 1. The molecule has 3 heterocycles. The first kappa shape index (κ1) is 14.2. The highest BCUT2D eigenvalue weighted by Crippen LogP contribution is 2.25. The van der Waals surface area contributed by atoms with E-state index in [9.17, 15) is 4.79 Å². The fourth-order valence-electron chi connectivity index (χ4n) is 2.27. The number of carbonyl (C=O) groups is 1. The lowest BCUT2D eigenvalue weighted by molar-refractivity contribution is -0.120. The van der Waals surface area contributed by atoms with Crippen molar-refractivity contribution in [3.8, 4) is 0 Å². The largest absolute Gasteiger partial charge is 0.370 e. The van der Waals surface area contributed by atoms with Crippen molar-refractivity contribution in [2.24, 2.45) is 0 Å². The number of hydrogen-bond acceptors (Lipinski definition) is 5. The van der Waals surface area contributed by atoms with Crippen LogP contribution in [0, 0.1) is 0 Å². The molecular weight excluding hydrogens is 286 g/mol. The average Bonchev–Trinajstić information content (AvgIpc) is 3.19. The van der Waals surface area contributed by atoms with Crippen molar-refractivity contribution in [1.82, 2.24) is 15.3 Å². The summed E-state index contributed by atoms with van der Waals surface area (Å²) in [5.41, 5.74) is 0.815. The Morgan fingerprint density at radius 3 is 3.19 bits per heavy atom. The van der Waals surface area contributed by atoms with E-state index < -0.39 is 0 Å². The SMILES string of the molecule is O=C(Cc1cccs1)NCc1ccnc([C@@H]2CCCO2)n1. The molecule has 1 aliphatic heterocycles. The molecule has 0 bridgehead atoms. The van der Waals surface area contributed by atoms with Gasteiger partial charge in [0.2, 0.25) is 5.91 Å². The lowest BCUT2D eigenvalue weighted by Gasteiger charge is -2.09. The number of nitrogens with zero attached hydrogens (tertiary/aromatic N) is 2. The second-order valence-corrected chi connectivity index (χ2v) is 5.97. The Morgan fingerprint density at radius 2 is 2.43 bits per heavy atom. The Morgan fingerprint density at radius 1 is 1.48 bits per heavy atom. The molecule has 21 heavy (non-hydrogen) atoms. The van der Waals surface area contributed by atoms with Gasteiger partial charge in [-0.3, -0.25) is 4.79 Å². The molecule has 3 rings (SSSR count). The van der Waals surface area contributed by atoms with Gasteiger partial charge >= 0.3 is 0 Å². The molecule has 0 aromatic carbocycles. The predicted molar refractivity (Wildman–Crippen MR) is 79.8 cm³/mol. The highest BCUT2D eigenvalue weighted by molar-refractivity contribution is 7.10. The Balaban J connectivity index is 1.55. The van der Waals surface area contributed by atoms with Gasteiger partial charge in [-0.15, -0.1) is 11.3 Å². The van der Waals surface area contributed by atoms with Gasteiger partial charge in [-0.25, -0.2) is 9.97 Å². The minimum Gasteiger partial charge on any atom is -0.370 e. The maximum atomic E-state index is 11.9. The number of rotatable bonds is 5. The third kappa shape index (κ3) is 3.86. The first-order chi connectivity index (χ1) is 10.3. The van der Waals surface area contributed by atoms with Gasteiger partial charge in [0.05, 0.1) is 18.7 Å².